The van der Waals surface area contributed by atoms with E-state index in [1.165, 1.54) is 0 Å². The van der Waals surface area contributed by atoms with Crippen LogP contribution in [0.1, 0.15) is 18.9 Å². The Balaban J connectivity index is 2.91. The van der Waals surface area contributed by atoms with Gasteiger partial charge in [-0.2, -0.15) is 0 Å². The van der Waals surface area contributed by atoms with Gasteiger partial charge in [-0.1, -0.05) is 28.9 Å². The van der Waals surface area contributed by atoms with Crippen molar-refractivity contribution in [3.05, 3.63) is 28.7 Å². The smallest absolute Gasteiger partial charge is 0.161 e. The molecule has 0 unspecified atom stereocenters. The van der Waals surface area contributed by atoms with E-state index in [0.717, 1.165) is 23.5 Å². The van der Waals surface area contributed by atoms with E-state index in [1.54, 1.807) is 7.11 Å². The number of rotatable bonds is 5. The first kappa shape index (κ1) is 12.1. The summed E-state index contributed by atoms with van der Waals surface area (Å²) < 4.78 is 10.8. The quantitative estimate of drug-likeness (QED) is 0.809. The highest BCUT2D eigenvalue weighted by Gasteiger charge is 2.03. The van der Waals surface area contributed by atoms with Gasteiger partial charge in [0.1, 0.15) is 0 Å². The molecule has 0 radical (unpaired) electrons. The average molecular weight is 271 g/mol. The van der Waals surface area contributed by atoms with E-state index in [-0.39, 0.29) is 0 Å². The van der Waals surface area contributed by atoms with Crippen LogP contribution >= 0.6 is 15.9 Å². The summed E-state index contributed by atoms with van der Waals surface area (Å²) in [5, 5.41) is 0. The normalized spacial score (nSPS) is 10.6. The first-order valence-corrected chi connectivity index (χ1v) is 5.81. The number of hydrogen-bond donors (Lipinski definition) is 0. The Labute approximate surface area is 99.0 Å². The highest BCUT2D eigenvalue weighted by molar-refractivity contribution is 9.11. The lowest BCUT2D eigenvalue weighted by Gasteiger charge is -2.10. The van der Waals surface area contributed by atoms with Gasteiger partial charge in [0, 0.05) is 0 Å². The number of halogens is 1. The molecule has 82 valence electrons. The maximum absolute atomic E-state index is 5.59. The first-order chi connectivity index (χ1) is 7.31. The second-order valence-corrected chi connectivity index (χ2v) is 3.58. The van der Waals surface area contributed by atoms with Crippen LogP contribution in [0.4, 0.5) is 0 Å². The second kappa shape index (κ2) is 6.51. The Bertz CT molecular complexity index is 334. The van der Waals surface area contributed by atoms with Crippen LogP contribution in [0.5, 0.6) is 11.5 Å². The van der Waals surface area contributed by atoms with Crippen molar-refractivity contribution in [3.63, 3.8) is 0 Å². The highest BCUT2D eigenvalue weighted by Crippen LogP contribution is 2.28. The lowest BCUT2D eigenvalue weighted by Crippen LogP contribution is -1.97. The molecule has 0 fully saturated rings. The molecule has 1 aromatic rings. The molecule has 1 rings (SSSR count). The molecule has 0 bridgehead atoms. The van der Waals surface area contributed by atoms with E-state index >= 15 is 0 Å². The van der Waals surface area contributed by atoms with Gasteiger partial charge in [-0.3, -0.25) is 0 Å². The predicted molar refractivity (Wildman–Crippen MR) is 66.7 cm³/mol. The van der Waals surface area contributed by atoms with E-state index in [0.29, 0.717) is 6.61 Å². The lowest BCUT2D eigenvalue weighted by molar-refractivity contribution is 0.294. The van der Waals surface area contributed by atoms with Gasteiger partial charge in [0.2, 0.25) is 0 Å². The Hall–Kier alpha value is -0.960. The Morgan fingerprint density at radius 3 is 2.73 bits per heavy atom. The van der Waals surface area contributed by atoms with Crippen LogP contribution in [0.25, 0.3) is 6.08 Å². The first-order valence-electron chi connectivity index (χ1n) is 4.89. The van der Waals surface area contributed by atoms with Crippen LogP contribution < -0.4 is 9.47 Å². The summed E-state index contributed by atoms with van der Waals surface area (Å²) in [6.45, 7) is 2.78. The second-order valence-electron chi connectivity index (χ2n) is 3.05. The molecule has 2 nitrogen and oxygen atoms in total. The lowest BCUT2D eigenvalue weighted by atomic mass is 10.2. The van der Waals surface area contributed by atoms with Crippen molar-refractivity contribution in [2.75, 3.05) is 13.7 Å². The van der Waals surface area contributed by atoms with E-state index in [2.05, 4.69) is 22.9 Å². The predicted octanol–water partition coefficient (Wildman–Crippen LogP) is 3.85. The molecule has 0 saturated heterocycles. The molecule has 0 amide bonds. The molecule has 0 N–H and O–H groups in total. The van der Waals surface area contributed by atoms with E-state index in [4.69, 9.17) is 9.47 Å². The molecule has 0 aromatic heterocycles. The summed E-state index contributed by atoms with van der Waals surface area (Å²) in [7, 11) is 1.65. The van der Waals surface area contributed by atoms with Crippen molar-refractivity contribution in [2.24, 2.45) is 0 Å². The maximum atomic E-state index is 5.59. The van der Waals surface area contributed by atoms with Crippen molar-refractivity contribution in [3.8, 4) is 11.5 Å². The molecule has 1 aromatic carbocycles. The fourth-order valence-electron chi connectivity index (χ4n) is 1.19. The topological polar surface area (TPSA) is 18.5 Å². The van der Waals surface area contributed by atoms with Gasteiger partial charge in [-0.15, -0.1) is 0 Å². The molecule has 0 heterocycles. The summed E-state index contributed by atoms with van der Waals surface area (Å²) in [4.78, 5) is 1.82. The van der Waals surface area contributed by atoms with Crippen LogP contribution in [-0.4, -0.2) is 13.7 Å². The molecular weight excluding hydrogens is 256 g/mol. The highest BCUT2D eigenvalue weighted by atomic mass is 79.9. The van der Waals surface area contributed by atoms with Crippen molar-refractivity contribution < 1.29 is 9.47 Å². The van der Waals surface area contributed by atoms with E-state index in [1.807, 2.05) is 29.3 Å². The zero-order chi connectivity index (χ0) is 11.1. The van der Waals surface area contributed by atoms with E-state index < -0.39 is 0 Å². The van der Waals surface area contributed by atoms with Crippen LogP contribution in [0.2, 0.25) is 0 Å². The van der Waals surface area contributed by atoms with Crippen LogP contribution in [0.3, 0.4) is 0 Å². The Morgan fingerprint density at radius 1 is 1.33 bits per heavy atom. The number of benzene rings is 1. The molecule has 3 heteroatoms. The fraction of sp³-hybridized carbons (Fsp3) is 0.333. The Kier molecular flexibility index (Phi) is 5.26. The minimum atomic E-state index is 0.706. The summed E-state index contributed by atoms with van der Waals surface area (Å²) >= 11 is 3.25. The fourth-order valence-corrected chi connectivity index (χ4v) is 1.50. The molecule has 0 aliphatic heterocycles. The third-order valence-corrected chi connectivity index (χ3v) is 2.17. The number of ether oxygens (including phenoxy) is 2. The summed E-state index contributed by atoms with van der Waals surface area (Å²) in [5.74, 6) is 1.57. The maximum Gasteiger partial charge on any atom is 0.161 e. The van der Waals surface area contributed by atoms with Gasteiger partial charge < -0.3 is 9.47 Å². The van der Waals surface area contributed by atoms with Crippen LogP contribution in [0.15, 0.2) is 23.2 Å². The summed E-state index contributed by atoms with van der Waals surface area (Å²) in [6, 6.07) is 5.86. The molecule has 0 saturated carbocycles. The Morgan fingerprint density at radius 2 is 2.13 bits per heavy atom. The minimum Gasteiger partial charge on any atom is -0.493 e. The van der Waals surface area contributed by atoms with Gasteiger partial charge >= 0.3 is 0 Å². The SMILES string of the molecule is CCCOc1cc(/C=C/Br)ccc1OC. The van der Waals surface area contributed by atoms with Gasteiger partial charge in [0.15, 0.2) is 11.5 Å². The van der Waals surface area contributed by atoms with Gasteiger partial charge in [-0.25, -0.2) is 0 Å². The van der Waals surface area contributed by atoms with Crippen LogP contribution in [-0.2, 0) is 0 Å². The third kappa shape index (κ3) is 3.59. The van der Waals surface area contributed by atoms with Crippen molar-refractivity contribution in [2.45, 2.75) is 13.3 Å². The molecule has 0 atom stereocenters. The average Bonchev–Trinajstić information content (AvgIpc) is 2.27. The summed E-state index contributed by atoms with van der Waals surface area (Å²) in [6.07, 6.45) is 2.94. The minimum absolute atomic E-state index is 0.706. The monoisotopic (exact) mass is 270 g/mol. The molecule has 15 heavy (non-hydrogen) atoms. The van der Waals surface area contributed by atoms with Crippen molar-refractivity contribution >= 4 is 22.0 Å². The zero-order valence-corrected chi connectivity index (χ0v) is 10.6. The number of methoxy groups -OCH3 is 1. The van der Waals surface area contributed by atoms with Crippen molar-refractivity contribution in [1.29, 1.82) is 0 Å². The largest absolute Gasteiger partial charge is 0.493 e. The van der Waals surface area contributed by atoms with Gasteiger partial charge in [0.05, 0.1) is 13.7 Å². The number of hydrogen-bond acceptors (Lipinski definition) is 2. The van der Waals surface area contributed by atoms with Gasteiger partial charge in [0.25, 0.3) is 0 Å². The van der Waals surface area contributed by atoms with Crippen LogP contribution in [0, 0.1) is 0 Å². The molecule has 0 aliphatic carbocycles. The van der Waals surface area contributed by atoms with Gasteiger partial charge in [-0.05, 0) is 35.2 Å². The molecule has 0 spiro atoms. The zero-order valence-electron chi connectivity index (χ0n) is 9.00. The standard InChI is InChI=1S/C12H15BrO2/c1-3-8-15-12-9-10(6-7-13)4-5-11(12)14-2/h4-7,9H,3,8H2,1-2H3/b7-6+. The third-order valence-electron chi connectivity index (χ3n) is 1.90. The summed E-state index contributed by atoms with van der Waals surface area (Å²) in [5.41, 5.74) is 1.08. The van der Waals surface area contributed by atoms with E-state index in [9.17, 15) is 0 Å². The molecular formula is C12H15BrO2. The molecule has 0 aliphatic rings. The van der Waals surface area contributed by atoms with Crippen molar-refractivity contribution in [1.82, 2.24) is 0 Å².